The molecule has 28 heavy (non-hydrogen) atoms. The summed E-state index contributed by atoms with van der Waals surface area (Å²) in [5.41, 5.74) is 4.85. The molecule has 7 heteroatoms. The molecule has 1 amide bonds. The molecule has 0 spiro atoms. The van der Waals surface area contributed by atoms with Gasteiger partial charge in [0.05, 0.1) is 6.20 Å². The van der Waals surface area contributed by atoms with Crippen molar-refractivity contribution in [1.82, 2.24) is 15.2 Å². The van der Waals surface area contributed by atoms with Crippen LogP contribution in [-0.2, 0) is 4.79 Å². The number of rotatable bonds is 6. The Kier molecular flexibility index (Phi) is 5.84. The summed E-state index contributed by atoms with van der Waals surface area (Å²) < 4.78 is 0. The topological polar surface area (TPSA) is 91.8 Å². The van der Waals surface area contributed by atoms with Gasteiger partial charge in [-0.1, -0.05) is 38.1 Å². The summed E-state index contributed by atoms with van der Waals surface area (Å²) in [5.74, 6) is 1.23. The van der Waals surface area contributed by atoms with E-state index in [9.17, 15) is 4.79 Å². The van der Waals surface area contributed by atoms with Crippen molar-refractivity contribution in [2.45, 2.75) is 33.6 Å². The van der Waals surface area contributed by atoms with Crippen LogP contribution in [0.5, 0.6) is 0 Å². The first-order chi connectivity index (χ1) is 13.4. The molecule has 0 radical (unpaired) electrons. The summed E-state index contributed by atoms with van der Waals surface area (Å²) in [5, 5.41) is 17.3. The van der Waals surface area contributed by atoms with Crippen LogP contribution in [-0.4, -0.2) is 21.1 Å². The molecule has 0 atom stereocenters. The van der Waals surface area contributed by atoms with E-state index in [4.69, 9.17) is 0 Å². The molecule has 0 fully saturated rings. The number of nitrogens with one attached hydrogen (secondary N) is 3. The van der Waals surface area contributed by atoms with Gasteiger partial charge in [0.15, 0.2) is 5.82 Å². The third-order valence-corrected chi connectivity index (χ3v) is 4.18. The second-order valence-electron chi connectivity index (χ2n) is 6.87. The zero-order valence-electron chi connectivity index (χ0n) is 16.4. The lowest BCUT2D eigenvalue weighted by Crippen LogP contribution is -2.07. The number of aromatic nitrogens is 3. The molecular formula is C21H24N6O. The van der Waals surface area contributed by atoms with Gasteiger partial charge in [0, 0.05) is 24.0 Å². The van der Waals surface area contributed by atoms with Crippen LogP contribution in [0.15, 0.2) is 48.7 Å². The van der Waals surface area contributed by atoms with E-state index in [1.54, 1.807) is 6.20 Å². The molecule has 3 N–H and O–H groups in total. The number of aryl methyl sites for hydroxylation is 1. The molecule has 144 valence electrons. The minimum absolute atomic E-state index is 0.125. The van der Waals surface area contributed by atoms with Crippen molar-refractivity contribution >= 4 is 34.7 Å². The monoisotopic (exact) mass is 376 g/mol. The lowest BCUT2D eigenvalue weighted by Gasteiger charge is -2.17. The Morgan fingerprint density at radius 1 is 1.04 bits per heavy atom. The number of benzene rings is 2. The van der Waals surface area contributed by atoms with Gasteiger partial charge < -0.3 is 16.0 Å². The SMILES string of the molecule is CC(=O)Nc1cccc(Nc2nncc(Nc3c(C)cccc3C(C)C)n2)c1. The molecule has 0 aliphatic rings. The summed E-state index contributed by atoms with van der Waals surface area (Å²) >= 11 is 0. The highest BCUT2D eigenvalue weighted by atomic mass is 16.1. The van der Waals surface area contributed by atoms with Gasteiger partial charge >= 0.3 is 0 Å². The molecule has 3 aromatic rings. The predicted molar refractivity (Wildman–Crippen MR) is 112 cm³/mol. The summed E-state index contributed by atoms with van der Waals surface area (Å²) in [6, 6.07) is 13.6. The molecule has 0 saturated heterocycles. The molecule has 3 rings (SSSR count). The molecule has 0 unspecified atom stereocenters. The van der Waals surface area contributed by atoms with E-state index in [0.29, 0.717) is 23.4 Å². The second kappa shape index (κ2) is 8.47. The highest BCUT2D eigenvalue weighted by Crippen LogP contribution is 2.29. The van der Waals surface area contributed by atoms with Gasteiger partial charge in [-0.2, -0.15) is 10.1 Å². The first-order valence-corrected chi connectivity index (χ1v) is 9.13. The van der Waals surface area contributed by atoms with Gasteiger partial charge in [-0.05, 0) is 42.2 Å². The zero-order chi connectivity index (χ0) is 20.1. The van der Waals surface area contributed by atoms with Crippen LogP contribution in [0.3, 0.4) is 0 Å². The number of carbonyl (C=O) groups excluding carboxylic acids is 1. The molecular weight excluding hydrogens is 352 g/mol. The molecule has 1 aromatic heterocycles. The number of carbonyl (C=O) groups is 1. The Hall–Kier alpha value is -3.48. The number of hydrogen-bond acceptors (Lipinski definition) is 6. The third-order valence-electron chi connectivity index (χ3n) is 4.18. The van der Waals surface area contributed by atoms with E-state index < -0.39 is 0 Å². The number of amides is 1. The molecule has 0 aliphatic carbocycles. The average Bonchev–Trinajstić information content (AvgIpc) is 2.63. The van der Waals surface area contributed by atoms with Gasteiger partial charge in [0.1, 0.15) is 0 Å². The van der Waals surface area contributed by atoms with E-state index in [2.05, 4.69) is 70.1 Å². The summed E-state index contributed by atoms with van der Waals surface area (Å²) in [6.07, 6.45) is 1.59. The smallest absolute Gasteiger partial charge is 0.249 e. The first kappa shape index (κ1) is 19.3. The maximum absolute atomic E-state index is 11.2. The van der Waals surface area contributed by atoms with Crippen LogP contribution in [0.1, 0.15) is 37.8 Å². The van der Waals surface area contributed by atoms with E-state index in [-0.39, 0.29) is 5.91 Å². The van der Waals surface area contributed by atoms with Gasteiger partial charge in [-0.15, -0.1) is 5.10 Å². The second-order valence-corrected chi connectivity index (χ2v) is 6.87. The zero-order valence-corrected chi connectivity index (χ0v) is 16.4. The summed E-state index contributed by atoms with van der Waals surface area (Å²) in [4.78, 5) is 15.7. The van der Waals surface area contributed by atoms with Crippen LogP contribution in [0, 0.1) is 6.92 Å². The summed E-state index contributed by atoms with van der Waals surface area (Å²) in [7, 11) is 0. The minimum atomic E-state index is -0.125. The first-order valence-electron chi connectivity index (χ1n) is 9.13. The van der Waals surface area contributed by atoms with Crippen molar-refractivity contribution in [2.24, 2.45) is 0 Å². The van der Waals surface area contributed by atoms with E-state index in [1.807, 2.05) is 24.3 Å². The fourth-order valence-corrected chi connectivity index (χ4v) is 2.89. The number of anilines is 5. The van der Waals surface area contributed by atoms with Crippen molar-refractivity contribution in [1.29, 1.82) is 0 Å². The molecule has 0 aliphatic heterocycles. The lowest BCUT2D eigenvalue weighted by atomic mass is 9.98. The Bertz CT molecular complexity index is 986. The number of nitrogens with zero attached hydrogens (tertiary/aromatic N) is 3. The van der Waals surface area contributed by atoms with Crippen LogP contribution in [0.25, 0.3) is 0 Å². The van der Waals surface area contributed by atoms with Gasteiger partial charge in [-0.25, -0.2) is 0 Å². The standard InChI is InChI=1S/C21H24N6O/c1-13(2)18-10-5-7-14(3)20(18)25-19-12-22-27-21(26-19)24-17-9-6-8-16(11-17)23-15(4)28/h5-13H,1-4H3,(H,23,28)(H2,24,25,26,27). The molecule has 1 heterocycles. The van der Waals surface area contributed by atoms with Crippen molar-refractivity contribution in [3.05, 3.63) is 59.8 Å². The third kappa shape index (κ3) is 4.82. The van der Waals surface area contributed by atoms with Crippen LogP contribution < -0.4 is 16.0 Å². The van der Waals surface area contributed by atoms with Crippen molar-refractivity contribution < 1.29 is 4.79 Å². The largest absolute Gasteiger partial charge is 0.338 e. The lowest BCUT2D eigenvalue weighted by molar-refractivity contribution is -0.114. The van der Waals surface area contributed by atoms with Crippen molar-refractivity contribution in [3.63, 3.8) is 0 Å². The Morgan fingerprint density at radius 2 is 1.79 bits per heavy atom. The van der Waals surface area contributed by atoms with E-state index in [0.717, 1.165) is 16.9 Å². The highest BCUT2D eigenvalue weighted by molar-refractivity contribution is 5.89. The average molecular weight is 376 g/mol. The Morgan fingerprint density at radius 3 is 2.54 bits per heavy atom. The maximum atomic E-state index is 11.2. The van der Waals surface area contributed by atoms with Gasteiger partial charge in [0.25, 0.3) is 0 Å². The normalized spacial score (nSPS) is 10.6. The van der Waals surface area contributed by atoms with Crippen molar-refractivity contribution in [3.8, 4) is 0 Å². The van der Waals surface area contributed by atoms with Crippen LogP contribution in [0.2, 0.25) is 0 Å². The predicted octanol–water partition coefficient (Wildman–Crippen LogP) is 4.75. The quantitative estimate of drug-likeness (QED) is 0.575. The molecule has 0 saturated carbocycles. The fraction of sp³-hybridized carbons (Fsp3) is 0.238. The maximum Gasteiger partial charge on any atom is 0.249 e. The van der Waals surface area contributed by atoms with Crippen LogP contribution >= 0.6 is 0 Å². The molecule has 0 bridgehead atoms. The molecule has 2 aromatic carbocycles. The van der Waals surface area contributed by atoms with Crippen molar-refractivity contribution in [2.75, 3.05) is 16.0 Å². The van der Waals surface area contributed by atoms with Gasteiger partial charge in [-0.3, -0.25) is 4.79 Å². The fourth-order valence-electron chi connectivity index (χ4n) is 2.89. The van der Waals surface area contributed by atoms with Gasteiger partial charge in [0.2, 0.25) is 11.9 Å². The Labute approximate surface area is 164 Å². The van der Waals surface area contributed by atoms with Crippen LogP contribution in [0.4, 0.5) is 28.8 Å². The van der Waals surface area contributed by atoms with E-state index in [1.165, 1.54) is 12.5 Å². The minimum Gasteiger partial charge on any atom is -0.338 e. The number of hydrogen-bond donors (Lipinski definition) is 3. The molecule has 7 nitrogen and oxygen atoms in total. The Balaban J connectivity index is 1.81. The summed E-state index contributed by atoms with van der Waals surface area (Å²) in [6.45, 7) is 7.86. The van der Waals surface area contributed by atoms with E-state index >= 15 is 0 Å². The number of para-hydroxylation sites is 1. The highest BCUT2D eigenvalue weighted by Gasteiger charge is 2.11.